The molecule has 1 rings (SSSR count). The van der Waals surface area contributed by atoms with E-state index >= 15 is 0 Å². The van der Waals surface area contributed by atoms with Gasteiger partial charge in [0.15, 0.2) is 0 Å². The van der Waals surface area contributed by atoms with E-state index in [4.69, 9.17) is 10.2 Å². The van der Waals surface area contributed by atoms with E-state index in [2.05, 4.69) is 0 Å². The number of aliphatic hydroxyl groups is 1. The Morgan fingerprint density at radius 2 is 2.25 bits per heavy atom. The van der Waals surface area contributed by atoms with Gasteiger partial charge in [-0.05, 0) is 6.07 Å². The van der Waals surface area contributed by atoms with Gasteiger partial charge in [-0.1, -0.05) is 0 Å². The van der Waals surface area contributed by atoms with Gasteiger partial charge < -0.3 is 9.67 Å². The zero-order chi connectivity index (χ0) is 9.35. The lowest BCUT2D eigenvalue weighted by atomic mass is 10.5. The molecular weight excluding hydrogens is 180 g/mol. The van der Waals surface area contributed by atoms with Gasteiger partial charge in [-0.15, -0.1) is 0 Å². The molecule has 0 atom stereocenters. The highest BCUT2D eigenvalue weighted by molar-refractivity contribution is 7.89. The summed E-state index contributed by atoms with van der Waals surface area (Å²) in [7, 11) is -2.01. The summed E-state index contributed by atoms with van der Waals surface area (Å²) in [5.41, 5.74) is 0.513. The number of primary sulfonamides is 1. The van der Waals surface area contributed by atoms with E-state index in [1.807, 2.05) is 0 Å². The maximum Gasteiger partial charge on any atom is 0.239 e. The van der Waals surface area contributed by atoms with Crippen LogP contribution in [0.4, 0.5) is 0 Å². The first-order chi connectivity index (χ1) is 5.45. The van der Waals surface area contributed by atoms with Gasteiger partial charge in [0, 0.05) is 18.9 Å². The predicted molar refractivity (Wildman–Crippen MR) is 42.7 cm³/mol. The van der Waals surface area contributed by atoms with E-state index in [1.54, 1.807) is 7.05 Å². The molecule has 5 nitrogen and oxygen atoms in total. The summed E-state index contributed by atoms with van der Waals surface area (Å²) in [5.74, 6) is 0. The molecular formula is C6H10N2O3S. The molecule has 1 aromatic heterocycles. The molecule has 0 spiro atoms. The van der Waals surface area contributed by atoms with Crippen molar-refractivity contribution in [3.8, 4) is 0 Å². The van der Waals surface area contributed by atoms with Crippen LogP contribution in [0.1, 0.15) is 5.69 Å². The summed E-state index contributed by atoms with van der Waals surface area (Å²) >= 11 is 0. The van der Waals surface area contributed by atoms with Crippen LogP contribution in [0.25, 0.3) is 0 Å². The van der Waals surface area contributed by atoms with Gasteiger partial charge >= 0.3 is 0 Å². The maximum absolute atomic E-state index is 10.8. The molecule has 6 heteroatoms. The first-order valence-electron chi connectivity index (χ1n) is 3.24. The Morgan fingerprint density at radius 3 is 2.50 bits per heavy atom. The number of aryl methyl sites for hydroxylation is 1. The highest BCUT2D eigenvalue weighted by Crippen LogP contribution is 2.10. The highest BCUT2D eigenvalue weighted by Gasteiger charge is 2.11. The highest BCUT2D eigenvalue weighted by atomic mass is 32.2. The van der Waals surface area contributed by atoms with Crippen LogP contribution in [-0.2, 0) is 23.7 Å². The van der Waals surface area contributed by atoms with Gasteiger partial charge in [0.05, 0.1) is 11.5 Å². The molecule has 1 aromatic rings. The van der Waals surface area contributed by atoms with Crippen molar-refractivity contribution in [2.45, 2.75) is 11.5 Å². The van der Waals surface area contributed by atoms with Crippen molar-refractivity contribution in [3.05, 3.63) is 18.0 Å². The molecule has 0 unspecified atom stereocenters. The molecule has 3 N–H and O–H groups in total. The summed E-state index contributed by atoms with van der Waals surface area (Å²) in [6.07, 6.45) is 1.36. The molecule has 0 bridgehead atoms. The van der Waals surface area contributed by atoms with Gasteiger partial charge in [-0.25, -0.2) is 13.6 Å². The quantitative estimate of drug-likeness (QED) is 0.638. The first-order valence-corrected chi connectivity index (χ1v) is 4.78. The van der Waals surface area contributed by atoms with Crippen molar-refractivity contribution in [3.63, 3.8) is 0 Å². The molecule has 0 aromatic carbocycles. The van der Waals surface area contributed by atoms with Crippen LogP contribution in [0, 0.1) is 0 Å². The standard InChI is InChI=1S/C6H10N2O3S/c1-8-3-6(12(7,10)11)2-5(8)4-9/h2-3,9H,4H2,1H3,(H2,7,10,11). The lowest BCUT2D eigenvalue weighted by molar-refractivity contribution is 0.272. The van der Waals surface area contributed by atoms with Crippen molar-refractivity contribution in [1.82, 2.24) is 4.57 Å². The van der Waals surface area contributed by atoms with Gasteiger partial charge in [0.1, 0.15) is 0 Å². The third-order valence-corrected chi connectivity index (χ3v) is 2.45. The molecule has 1 heterocycles. The molecule has 0 aliphatic heterocycles. The number of nitrogens with two attached hydrogens (primary N) is 1. The van der Waals surface area contributed by atoms with Crippen molar-refractivity contribution >= 4 is 10.0 Å². The Labute approximate surface area is 70.5 Å². The number of rotatable bonds is 2. The molecule has 0 aliphatic rings. The molecule has 0 radical (unpaired) electrons. The average molecular weight is 190 g/mol. The van der Waals surface area contributed by atoms with Crippen LogP contribution < -0.4 is 5.14 Å². The van der Waals surface area contributed by atoms with Crippen molar-refractivity contribution in [2.75, 3.05) is 0 Å². The van der Waals surface area contributed by atoms with Gasteiger partial charge in [-0.3, -0.25) is 0 Å². The second kappa shape index (κ2) is 2.89. The molecule has 0 saturated carbocycles. The summed E-state index contributed by atoms with van der Waals surface area (Å²) in [6.45, 7) is -0.202. The van der Waals surface area contributed by atoms with Crippen molar-refractivity contribution in [1.29, 1.82) is 0 Å². The Kier molecular flexibility index (Phi) is 2.22. The molecule has 0 fully saturated rings. The maximum atomic E-state index is 10.8. The van der Waals surface area contributed by atoms with Crippen LogP contribution in [0.3, 0.4) is 0 Å². The van der Waals surface area contributed by atoms with E-state index in [0.29, 0.717) is 5.69 Å². The number of aliphatic hydroxyl groups excluding tert-OH is 1. The molecule has 0 amide bonds. The second-order valence-electron chi connectivity index (χ2n) is 2.48. The number of sulfonamides is 1. The Hall–Kier alpha value is -0.850. The largest absolute Gasteiger partial charge is 0.390 e. The Balaban J connectivity index is 3.23. The van der Waals surface area contributed by atoms with Crippen LogP contribution >= 0.6 is 0 Å². The fraction of sp³-hybridized carbons (Fsp3) is 0.333. The Morgan fingerprint density at radius 1 is 1.67 bits per heavy atom. The van der Waals surface area contributed by atoms with E-state index in [0.717, 1.165) is 0 Å². The van der Waals surface area contributed by atoms with Crippen molar-refractivity contribution in [2.24, 2.45) is 12.2 Å². The number of hydrogen-bond acceptors (Lipinski definition) is 3. The minimum Gasteiger partial charge on any atom is -0.390 e. The first kappa shape index (κ1) is 9.24. The second-order valence-corrected chi connectivity index (χ2v) is 4.04. The third-order valence-electron chi connectivity index (χ3n) is 1.57. The third kappa shape index (κ3) is 1.66. The summed E-state index contributed by atoms with van der Waals surface area (Å²) in [5, 5.41) is 13.6. The number of hydrogen-bond donors (Lipinski definition) is 2. The van der Waals surface area contributed by atoms with Crippen LogP contribution in [0.15, 0.2) is 17.2 Å². The summed E-state index contributed by atoms with van der Waals surface area (Å²) < 4.78 is 23.1. The van der Waals surface area contributed by atoms with Gasteiger partial charge in [0.2, 0.25) is 10.0 Å². The number of nitrogens with zero attached hydrogens (tertiary/aromatic N) is 1. The normalized spacial score (nSPS) is 11.9. The summed E-state index contributed by atoms with van der Waals surface area (Å²) in [6, 6.07) is 1.34. The molecule has 0 saturated heterocycles. The predicted octanol–water partition coefficient (Wildman–Crippen LogP) is -0.835. The zero-order valence-corrected chi connectivity index (χ0v) is 7.37. The van der Waals surface area contributed by atoms with E-state index in [1.165, 1.54) is 16.8 Å². The van der Waals surface area contributed by atoms with E-state index in [9.17, 15) is 8.42 Å². The summed E-state index contributed by atoms with van der Waals surface area (Å²) in [4.78, 5) is 0.0223. The fourth-order valence-electron chi connectivity index (χ4n) is 0.890. The monoisotopic (exact) mass is 190 g/mol. The number of aromatic nitrogens is 1. The fourth-order valence-corrected chi connectivity index (χ4v) is 1.50. The van der Waals surface area contributed by atoms with Crippen molar-refractivity contribution < 1.29 is 13.5 Å². The average Bonchev–Trinajstić information content (AvgIpc) is 2.29. The molecule has 12 heavy (non-hydrogen) atoms. The Bertz CT molecular complexity index is 379. The SMILES string of the molecule is Cn1cc(S(N)(=O)=O)cc1CO. The smallest absolute Gasteiger partial charge is 0.239 e. The zero-order valence-electron chi connectivity index (χ0n) is 6.56. The van der Waals surface area contributed by atoms with E-state index < -0.39 is 10.0 Å². The lowest BCUT2D eigenvalue weighted by Crippen LogP contribution is -2.10. The van der Waals surface area contributed by atoms with E-state index in [-0.39, 0.29) is 11.5 Å². The van der Waals surface area contributed by atoms with Gasteiger partial charge in [0.25, 0.3) is 0 Å². The molecule has 0 aliphatic carbocycles. The van der Waals surface area contributed by atoms with Crippen LogP contribution in [0.2, 0.25) is 0 Å². The topological polar surface area (TPSA) is 85.3 Å². The minimum atomic E-state index is -3.65. The van der Waals surface area contributed by atoms with Gasteiger partial charge in [-0.2, -0.15) is 0 Å². The molecule has 68 valence electrons. The minimum absolute atomic E-state index is 0.0223. The lowest BCUT2D eigenvalue weighted by Gasteiger charge is -1.94. The van der Waals surface area contributed by atoms with Crippen LogP contribution in [0.5, 0.6) is 0 Å². The van der Waals surface area contributed by atoms with Crippen LogP contribution in [-0.4, -0.2) is 18.1 Å².